The van der Waals surface area contributed by atoms with Crippen LogP contribution in [0.1, 0.15) is 30.3 Å². The van der Waals surface area contributed by atoms with Crippen LogP contribution in [0, 0.1) is 0 Å². The van der Waals surface area contributed by atoms with E-state index in [9.17, 15) is 4.79 Å². The van der Waals surface area contributed by atoms with Gasteiger partial charge in [0, 0.05) is 24.7 Å². The van der Waals surface area contributed by atoms with E-state index in [1.54, 1.807) is 6.07 Å². The number of amides is 1. The lowest BCUT2D eigenvalue weighted by Crippen LogP contribution is -2.41. The molecule has 1 saturated heterocycles. The largest absolute Gasteiger partial charge is 0.451 e. The molecule has 0 spiro atoms. The summed E-state index contributed by atoms with van der Waals surface area (Å²) >= 11 is 6.20. The van der Waals surface area contributed by atoms with Gasteiger partial charge in [-0.15, -0.1) is 0 Å². The van der Waals surface area contributed by atoms with E-state index in [4.69, 9.17) is 16.0 Å². The van der Waals surface area contributed by atoms with Crippen molar-refractivity contribution in [3.63, 3.8) is 0 Å². The van der Waals surface area contributed by atoms with E-state index in [1.165, 1.54) is 0 Å². The number of benzene rings is 1. The van der Waals surface area contributed by atoms with Gasteiger partial charge in [-0.3, -0.25) is 4.79 Å². The maximum Gasteiger partial charge on any atom is 0.289 e. The molecule has 5 heteroatoms. The Kier molecular flexibility index (Phi) is 5.03. The van der Waals surface area contributed by atoms with Crippen LogP contribution in [0.5, 0.6) is 0 Å². The second kappa shape index (κ2) is 7.20. The molecule has 1 aromatic carbocycles. The molecule has 3 rings (SSSR count). The number of furan rings is 1. The van der Waals surface area contributed by atoms with Crippen LogP contribution >= 0.6 is 11.6 Å². The summed E-state index contributed by atoms with van der Waals surface area (Å²) in [6.07, 6.45) is 1.92. The first-order chi connectivity index (χ1) is 11.2. The first-order valence-electron chi connectivity index (χ1n) is 8.07. The van der Waals surface area contributed by atoms with Crippen LogP contribution in [0.25, 0.3) is 11.3 Å². The monoisotopic (exact) mass is 332 g/mol. The molecule has 1 unspecified atom stereocenters. The normalized spacial score (nSPS) is 17.4. The number of halogens is 1. The predicted molar refractivity (Wildman–Crippen MR) is 91.8 cm³/mol. The molecule has 0 aliphatic carbocycles. The van der Waals surface area contributed by atoms with E-state index in [1.807, 2.05) is 35.2 Å². The fourth-order valence-corrected chi connectivity index (χ4v) is 3.23. The van der Waals surface area contributed by atoms with Crippen molar-refractivity contribution in [3.8, 4) is 11.3 Å². The summed E-state index contributed by atoms with van der Waals surface area (Å²) in [5, 5.41) is 3.93. The van der Waals surface area contributed by atoms with Crippen LogP contribution in [0.15, 0.2) is 40.8 Å². The minimum Gasteiger partial charge on any atom is -0.451 e. The van der Waals surface area contributed by atoms with Crippen molar-refractivity contribution in [3.05, 3.63) is 47.2 Å². The van der Waals surface area contributed by atoms with Crippen LogP contribution in [-0.4, -0.2) is 36.5 Å². The number of hydrogen-bond donors (Lipinski definition) is 1. The zero-order valence-corrected chi connectivity index (χ0v) is 14.0. The molecule has 1 N–H and O–H groups in total. The molecule has 1 fully saturated rings. The van der Waals surface area contributed by atoms with Crippen molar-refractivity contribution < 1.29 is 9.21 Å². The molecule has 4 nitrogen and oxygen atoms in total. The Bertz CT molecular complexity index is 677. The van der Waals surface area contributed by atoms with Gasteiger partial charge in [0.1, 0.15) is 5.76 Å². The highest BCUT2D eigenvalue weighted by atomic mass is 35.5. The molecule has 1 aliphatic heterocycles. The summed E-state index contributed by atoms with van der Waals surface area (Å²) in [6, 6.07) is 11.3. The van der Waals surface area contributed by atoms with Crippen LogP contribution in [0.2, 0.25) is 5.02 Å². The Morgan fingerprint density at radius 1 is 1.35 bits per heavy atom. The van der Waals surface area contributed by atoms with E-state index in [0.717, 1.165) is 38.0 Å². The summed E-state index contributed by atoms with van der Waals surface area (Å²) < 4.78 is 5.80. The maximum atomic E-state index is 12.8. The van der Waals surface area contributed by atoms with Gasteiger partial charge in [-0.25, -0.2) is 0 Å². The third-order valence-electron chi connectivity index (χ3n) is 4.16. The van der Waals surface area contributed by atoms with Gasteiger partial charge in [0.15, 0.2) is 5.76 Å². The fraction of sp³-hybridized carbons (Fsp3) is 0.389. The van der Waals surface area contributed by atoms with Gasteiger partial charge in [-0.1, -0.05) is 30.7 Å². The summed E-state index contributed by atoms with van der Waals surface area (Å²) in [5.74, 6) is 0.957. The van der Waals surface area contributed by atoms with Crippen molar-refractivity contribution in [2.45, 2.75) is 25.8 Å². The minimum atomic E-state index is -0.0427. The maximum absolute atomic E-state index is 12.8. The van der Waals surface area contributed by atoms with Gasteiger partial charge in [0.25, 0.3) is 5.91 Å². The average Bonchev–Trinajstić information content (AvgIpc) is 3.24. The fourth-order valence-electron chi connectivity index (χ4n) is 3.00. The number of rotatable bonds is 5. The summed E-state index contributed by atoms with van der Waals surface area (Å²) in [4.78, 5) is 14.7. The highest BCUT2D eigenvalue weighted by molar-refractivity contribution is 6.33. The Morgan fingerprint density at radius 2 is 2.17 bits per heavy atom. The first-order valence-corrected chi connectivity index (χ1v) is 8.45. The third kappa shape index (κ3) is 3.43. The lowest BCUT2D eigenvalue weighted by Gasteiger charge is -2.27. The molecule has 2 aromatic rings. The van der Waals surface area contributed by atoms with E-state index < -0.39 is 0 Å². The molecular weight excluding hydrogens is 312 g/mol. The van der Waals surface area contributed by atoms with Crippen LogP contribution in [0.3, 0.4) is 0 Å². The van der Waals surface area contributed by atoms with Crippen molar-refractivity contribution in [2.75, 3.05) is 19.6 Å². The van der Waals surface area contributed by atoms with E-state index >= 15 is 0 Å². The van der Waals surface area contributed by atoms with Gasteiger partial charge in [-0.05, 0) is 43.7 Å². The van der Waals surface area contributed by atoms with E-state index in [-0.39, 0.29) is 11.9 Å². The van der Waals surface area contributed by atoms with Crippen molar-refractivity contribution in [2.24, 2.45) is 0 Å². The topological polar surface area (TPSA) is 45.5 Å². The van der Waals surface area contributed by atoms with Crippen LogP contribution in [0.4, 0.5) is 0 Å². The van der Waals surface area contributed by atoms with Gasteiger partial charge < -0.3 is 14.6 Å². The van der Waals surface area contributed by atoms with Gasteiger partial charge in [0.2, 0.25) is 0 Å². The van der Waals surface area contributed by atoms with E-state index in [0.29, 0.717) is 16.5 Å². The Morgan fingerprint density at radius 3 is 2.87 bits per heavy atom. The molecule has 1 aliphatic rings. The van der Waals surface area contributed by atoms with Crippen molar-refractivity contribution >= 4 is 17.5 Å². The molecule has 1 atom stereocenters. The van der Waals surface area contributed by atoms with Gasteiger partial charge >= 0.3 is 0 Å². The van der Waals surface area contributed by atoms with Crippen LogP contribution in [-0.2, 0) is 0 Å². The first kappa shape index (κ1) is 16.1. The Hall–Kier alpha value is -1.78. The number of hydrogen-bond acceptors (Lipinski definition) is 3. The molecule has 0 saturated carbocycles. The number of carbonyl (C=O) groups excluding carboxylic acids is 1. The summed E-state index contributed by atoms with van der Waals surface area (Å²) in [7, 11) is 0. The van der Waals surface area contributed by atoms with E-state index in [2.05, 4.69) is 12.2 Å². The zero-order valence-electron chi connectivity index (χ0n) is 13.2. The molecule has 1 aromatic heterocycles. The van der Waals surface area contributed by atoms with Gasteiger partial charge in [0.05, 0.1) is 5.02 Å². The van der Waals surface area contributed by atoms with Gasteiger partial charge in [-0.2, -0.15) is 0 Å². The zero-order chi connectivity index (χ0) is 16.2. The Labute approximate surface area is 141 Å². The minimum absolute atomic E-state index is 0.0427. The Balaban J connectivity index is 1.83. The molecule has 0 radical (unpaired) electrons. The lowest BCUT2D eigenvalue weighted by molar-refractivity contribution is 0.0660. The van der Waals surface area contributed by atoms with Crippen molar-refractivity contribution in [1.82, 2.24) is 10.2 Å². The smallest absolute Gasteiger partial charge is 0.289 e. The average molecular weight is 333 g/mol. The molecular formula is C18H21ClN2O2. The second-order valence-electron chi connectivity index (χ2n) is 5.79. The molecule has 0 bridgehead atoms. The SMILES string of the molecule is CCCN(C(=O)c1ccc(-c2ccccc2Cl)o1)C1CCNC1. The number of nitrogens with one attached hydrogen (secondary N) is 1. The lowest BCUT2D eigenvalue weighted by atomic mass is 10.2. The number of carbonyl (C=O) groups is 1. The summed E-state index contributed by atoms with van der Waals surface area (Å²) in [6.45, 7) is 4.64. The van der Waals surface area contributed by atoms with Crippen molar-refractivity contribution in [1.29, 1.82) is 0 Å². The summed E-state index contributed by atoms with van der Waals surface area (Å²) in [5.41, 5.74) is 0.804. The highest BCUT2D eigenvalue weighted by Gasteiger charge is 2.28. The molecule has 1 amide bonds. The second-order valence-corrected chi connectivity index (χ2v) is 6.20. The predicted octanol–water partition coefficient (Wildman–Crippen LogP) is 3.81. The molecule has 122 valence electrons. The quantitative estimate of drug-likeness (QED) is 0.905. The standard InChI is InChI=1S/C18H21ClN2O2/c1-2-11-21(13-9-10-20-12-13)18(22)17-8-7-16(23-17)14-5-3-4-6-15(14)19/h3-8,13,20H,2,9-12H2,1H3. The van der Waals surface area contributed by atoms with Crippen LogP contribution < -0.4 is 5.32 Å². The molecule has 2 heterocycles. The molecule has 23 heavy (non-hydrogen) atoms. The third-order valence-corrected chi connectivity index (χ3v) is 4.49. The highest BCUT2D eigenvalue weighted by Crippen LogP contribution is 2.29. The number of nitrogens with zero attached hydrogens (tertiary/aromatic N) is 1.